The molecular formula is C10H16O2. The Labute approximate surface area is 73.2 Å². The quantitative estimate of drug-likeness (QED) is 0.516. The maximum absolute atomic E-state index is 5.56. The lowest BCUT2D eigenvalue weighted by Crippen LogP contribution is -2.02. The van der Waals surface area contributed by atoms with Crippen molar-refractivity contribution in [1.82, 2.24) is 0 Å². The van der Waals surface area contributed by atoms with Crippen LogP contribution in [0.3, 0.4) is 0 Å². The zero-order chi connectivity index (χ0) is 7.97. The molecule has 0 aromatic heterocycles. The smallest absolute Gasteiger partial charge is 0.0842 e. The minimum Gasteiger partial charge on any atom is -0.370 e. The summed E-state index contributed by atoms with van der Waals surface area (Å²) in [6.45, 7) is 0. The Kier molecular flexibility index (Phi) is 1.66. The maximum Gasteiger partial charge on any atom is 0.0842 e. The van der Waals surface area contributed by atoms with Gasteiger partial charge in [0.15, 0.2) is 0 Å². The first kappa shape index (κ1) is 7.34. The largest absolute Gasteiger partial charge is 0.370 e. The normalized spacial score (nSPS) is 52.0. The lowest BCUT2D eigenvalue weighted by Gasteiger charge is -1.99. The van der Waals surface area contributed by atoms with E-state index in [0.29, 0.717) is 24.4 Å². The summed E-state index contributed by atoms with van der Waals surface area (Å²) in [5.74, 6) is 0. The standard InChI is InChI=1S/C10H16O2/c1-2-4-8-10(12-8)6-5-9-7(3-1)11-9/h7-10H,1-6H2. The van der Waals surface area contributed by atoms with Gasteiger partial charge < -0.3 is 9.47 Å². The summed E-state index contributed by atoms with van der Waals surface area (Å²) < 4.78 is 11.1. The summed E-state index contributed by atoms with van der Waals surface area (Å²) in [6.07, 6.45) is 10.2. The molecule has 68 valence electrons. The van der Waals surface area contributed by atoms with E-state index in [0.717, 1.165) is 0 Å². The summed E-state index contributed by atoms with van der Waals surface area (Å²) in [6, 6.07) is 0. The number of epoxide rings is 2. The molecule has 3 fully saturated rings. The van der Waals surface area contributed by atoms with Gasteiger partial charge in [0.1, 0.15) is 0 Å². The molecule has 2 heteroatoms. The van der Waals surface area contributed by atoms with Crippen LogP contribution in [0.1, 0.15) is 38.5 Å². The lowest BCUT2D eigenvalue weighted by atomic mass is 10.0. The van der Waals surface area contributed by atoms with Crippen LogP contribution in [-0.2, 0) is 9.47 Å². The van der Waals surface area contributed by atoms with Crippen LogP contribution in [0.15, 0.2) is 0 Å². The van der Waals surface area contributed by atoms with Crippen molar-refractivity contribution in [3.05, 3.63) is 0 Å². The van der Waals surface area contributed by atoms with Gasteiger partial charge in [-0.15, -0.1) is 0 Å². The maximum atomic E-state index is 5.56. The van der Waals surface area contributed by atoms with Gasteiger partial charge in [0.2, 0.25) is 0 Å². The molecule has 2 saturated heterocycles. The highest BCUT2D eigenvalue weighted by Crippen LogP contribution is 2.38. The summed E-state index contributed by atoms with van der Waals surface area (Å²) in [7, 11) is 0. The topological polar surface area (TPSA) is 25.1 Å². The number of fused-ring (bicyclic) bond motifs is 2. The van der Waals surface area contributed by atoms with Crippen molar-refractivity contribution in [3.63, 3.8) is 0 Å². The van der Waals surface area contributed by atoms with E-state index in [1.54, 1.807) is 0 Å². The Morgan fingerprint density at radius 2 is 1.00 bits per heavy atom. The van der Waals surface area contributed by atoms with E-state index in [-0.39, 0.29) is 0 Å². The number of rotatable bonds is 0. The van der Waals surface area contributed by atoms with Gasteiger partial charge in [-0.2, -0.15) is 0 Å². The van der Waals surface area contributed by atoms with Gasteiger partial charge >= 0.3 is 0 Å². The van der Waals surface area contributed by atoms with E-state index >= 15 is 0 Å². The first-order valence-electron chi connectivity index (χ1n) is 5.24. The molecule has 0 aromatic carbocycles. The molecule has 0 amide bonds. The van der Waals surface area contributed by atoms with Gasteiger partial charge in [-0.05, 0) is 25.7 Å². The monoisotopic (exact) mass is 168 g/mol. The van der Waals surface area contributed by atoms with Gasteiger partial charge in [0, 0.05) is 0 Å². The molecular weight excluding hydrogens is 152 g/mol. The molecule has 3 rings (SSSR count). The van der Waals surface area contributed by atoms with Gasteiger partial charge in [-0.1, -0.05) is 12.8 Å². The first-order chi connectivity index (χ1) is 5.93. The lowest BCUT2D eigenvalue weighted by molar-refractivity contribution is 0.320. The van der Waals surface area contributed by atoms with Crippen molar-refractivity contribution in [3.8, 4) is 0 Å². The molecule has 2 heterocycles. The minimum atomic E-state index is 0.605. The van der Waals surface area contributed by atoms with Crippen molar-refractivity contribution in [2.75, 3.05) is 0 Å². The van der Waals surface area contributed by atoms with E-state index in [9.17, 15) is 0 Å². The average Bonchev–Trinajstić information content (AvgIpc) is 2.95. The van der Waals surface area contributed by atoms with Crippen LogP contribution in [-0.4, -0.2) is 24.4 Å². The number of hydrogen-bond acceptors (Lipinski definition) is 2. The molecule has 0 radical (unpaired) electrons. The zero-order valence-corrected chi connectivity index (χ0v) is 7.37. The molecule has 0 aromatic rings. The molecule has 3 aliphatic rings. The third-order valence-corrected chi connectivity index (χ3v) is 3.34. The minimum absolute atomic E-state index is 0.605. The second kappa shape index (κ2) is 2.71. The Balaban J connectivity index is 1.56. The molecule has 0 spiro atoms. The van der Waals surface area contributed by atoms with Crippen LogP contribution in [0.4, 0.5) is 0 Å². The predicted octanol–water partition coefficient (Wildman–Crippen LogP) is 1.88. The number of ether oxygens (including phenoxy) is 2. The third-order valence-electron chi connectivity index (χ3n) is 3.34. The van der Waals surface area contributed by atoms with Gasteiger partial charge in [0.25, 0.3) is 0 Å². The second-order valence-corrected chi connectivity index (χ2v) is 4.29. The van der Waals surface area contributed by atoms with Crippen molar-refractivity contribution >= 4 is 0 Å². The Morgan fingerprint density at radius 3 is 1.50 bits per heavy atom. The van der Waals surface area contributed by atoms with Gasteiger partial charge in [-0.25, -0.2) is 0 Å². The van der Waals surface area contributed by atoms with Crippen molar-refractivity contribution < 1.29 is 9.47 Å². The SMILES string of the molecule is C1CCC2OC2CCC2OC2C1. The van der Waals surface area contributed by atoms with Crippen LogP contribution < -0.4 is 0 Å². The molecule has 4 unspecified atom stereocenters. The van der Waals surface area contributed by atoms with Crippen LogP contribution in [0.25, 0.3) is 0 Å². The fourth-order valence-corrected chi connectivity index (χ4v) is 2.39. The fraction of sp³-hybridized carbons (Fsp3) is 1.00. The summed E-state index contributed by atoms with van der Waals surface area (Å²) >= 11 is 0. The molecule has 0 bridgehead atoms. The van der Waals surface area contributed by atoms with Crippen LogP contribution in [0, 0.1) is 0 Å². The highest BCUT2D eigenvalue weighted by molar-refractivity contribution is 4.91. The van der Waals surface area contributed by atoms with Crippen LogP contribution >= 0.6 is 0 Å². The van der Waals surface area contributed by atoms with Gasteiger partial charge in [-0.3, -0.25) is 0 Å². The Morgan fingerprint density at radius 1 is 0.583 bits per heavy atom. The molecule has 12 heavy (non-hydrogen) atoms. The number of hydrogen-bond donors (Lipinski definition) is 0. The second-order valence-electron chi connectivity index (χ2n) is 4.29. The van der Waals surface area contributed by atoms with E-state index < -0.39 is 0 Å². The van der Waals surface area contributed by atoms with Crippen molar-refractivity contribution in [2.45, 2.75) is 62.9 Å². The zero-order valence-electron chi connectivity index (χ0n) is 7.37. The summed E-state index contributed by atoms with van der Waals surface area (Å²) in [5, 5.41) is 0. The highest BCUT2D eigenvalue weighted by atomic mass is 16.6. The van der Waals surface area contributed by atoms with E-state index in [1.807, 2.05) is 0 Å². The van der Waals surface area contributed by atoms with Crippen molar-refractivity contribution in [2.24, 2.45) is 0 Å². The summed E-state index contributed by atoms with van der Waals surface area (Å²) in [4.78, 5) is 0. The molecule has 1 saturated carbocycles. The molecule has 2 nitrogen and oxygen atoms in total. The third kappa shape index (κ3) is 1.38. The highest BCUT2D eigenvalue weighted by Gasteiger charge is 2.43. The fourth-order valence-electron chi connectivity index (χ4n) is 2.39. The van der Waals surface area contributed by atoms with E-state index in [1.165, 1.54) is 38.5 Å². The summed E-state index contributed by atoms with van der Waals surface area (Å²) in [5.41, 5.74) is 0. The molecule has 2 aliphatic heterocycles. The van der Waals surface area contributed by atoms with Crippen molar-refractivity contribution in [1.29, 1.82) is 0 Å². The Bertz CT molecular complexity index is 161. The average molecular weight is 168 g/mol. The van der Waals surface area contributed by atoms with Crippen LogP contribution in [0.2, 0.25) is 0 Å². The van der Waals surface area contributed by atoms with E-state index in [2.05, 4.69) is 0 Å². The van der Waals surface area contributed by atoms with Crippen LogP contribution in [0.5, 0.6) is 0 Å². The Hall–Kier alpha value is -0.0800. The van der Waals surface area contributed by atoms with E-state index in [4.69, 9.17) is 9.47 Å². The molecule has 1 aliphatic carbocycles. The predicted molar refractivity (Wildman–Crippen MR) is 45.0 cm³/mol. The molecule has 0 N–H and O–H groups in total. The first-order valence-corrected chi connectivity index (χ1v) is 5.24. The molecule has 4 atom stereocenters. The van der Waals surface area contributed by atoms with Gasteiger partial charge in [0.05, 0.1) is 24.4 Å².